The van der Waals surface area contributed by atoms with Crippen LogP contribution in [0, 0.1) is 12.8 Å². The molecule has 2 heterocycles. The summed E-state index contributed by atoms with van der Waals surface area (Å²) in [5.74, 6) is 1.44. The number of carbonyl (C=O) groups excluding carboxylic acids is 2. The maximum Gasteiger partial charge on any atom is 0.407 e. The number of aldehydes is 1. The molecule has 0 radical (unpaired) electrons. The number of methoxy groups -OCH3 is 1. The molecule has 1 fully saturated rings. The Morgan fingerprint density at radius 1 is 1.12 bits per heavy atom. The van der Waals surface area contributed by atoms with Gasteiger partial charge in [-0.3, -0.25) is 14.6 Å². The van der Waals surface area contributed by atoms with Crippen LogP contribution in [0.1, 0.15) is 71.1 Å². The van der Waals surface area contributed by atoms with Crippen molar-refractivity contribution in [3.8, 4) is 17.2 Å². The van der Waals surface area contributed by atoms with Crippen molar-refractivity contribution in [3.05, 3.63) is 76.6 Å². The van der Waals surface area contributed by atoms with E-state index in [0.717, 1.165) is 42.4 Å². The van der Waals surface area contributed by atoms with E-state index in [2.05, 4.69) is 10.3 Å². The molecular formula is C32H37N3O6. The molecule has 0 atom stereocenters. The molecular weight excluding hydrogens is 522 g/mol. The molecule has 1 aromatic heterocycles. The van der Waals surface area contributed by atoms with Gasteiger partial charge in [-0.15, -0.1) is 0 Å². The maximum atomic E-state index is 13.3. The first-order valence-corrected chi connectivity index (χ1v) is 13.7. The van der Waals surface area contributed by atoms with E-state index in [0.29, 0.717) is 53.1 Å². The van der Waals surface area contributed by atoms with Gasteiger partial charge >= 0.3 is 6.09 Å². The third-order valence-corrected chi connectivity index (χ3v) is 7.41. The summed E-state index contributed by atoms with van der Waals surface area (Å²) in [6.45, 7) is 9.07. The van der Waals surface area contributed by atoms with Gasteiger partial charge in [-0.1, -0.05) is 26.8 Å². The van der Waals surface area contributed by atoms with Crippen LogP contribution in [0.3, 0.4) is 0 Å². The lowest BCUT2D eigenvalue weighted by molar-refractivity contribution is 0.102. The number of piperidine rings is 1. The summed E-state index contributed by atoms with van der Waals surface area (Å²) in [5.41, 5.74) is 3.56. The second kappa shape index (κ2) is 12.4. The Morgan fingerprint density at radius 2 is 1.85 bits per heavy atom. The number of anilines is 1. The van der Waals surface area contributed by atoms with Gasteiger partial charge in [-0.2, -0.15) is 0 Å². The molecule has 1 aliphatic heterocycles. The van der Waals surface area contributed by atoms with Crippen LogP contribution in [0.5, 0.6) is 17.2 Å². The van der Waals surface area contributed by atoms with Crippen molar-refractivity contribution in [2.45, 2.75) is 52.4 Å². The normalized spacial score (nSPS) is 13.9. The highest BCUT2D eigenvalue weighted by molar-refractivity contribution is 6.06. The predicted molar refractivity (Wildman–Crippen MR) is 157 cm³/mol. The van der Waals surface area contributed by atoms with E-state index in [4.69, 9.17) is 9.47 Å². The van der Waals surface area contributed by atoms with Crippen molar-refractivity contribution >= 4 is 24.0 Å². The molecule has 0 bridgehead atoms. The zero-order valence-corrected chi connectivity index (χ0v) is 24.2. The highest BCUT2D eigenvalue weighted by Crippen LogP contribution is 2.35. The van der Waals surface area contributed by atoms with E-state index in [1.165, 1.54) is 12.0 Å². The van der Waals surface area contributed by atoms with Crippen LogP contribution in [-0.2, 0) is 11.8 Å². The number of hydrogen-bond donors (Lipinski definition) is 2. The summed E-state index contributed by atoms with van der Waals surface area (Å²) in [5, 5.41) is 12.1. The fourth-order valence-corrected chi connectivity index (χ4v) is 4.92. The van der Waals surface area contributed by atoms with E-state index >= 15 is 0 Å². The Hall–Kier alpha value is -4.40. The first-order valence-electron chi connectivity index (χ1n) is 13.7. The lowest BCUT2D eigenvalue weighted by Gasteiger charge is -2.29. The molecule has 0 spiro atoms. The lowest BCUT2D eigenvalue weighted by Crippen LogP contribution is -2.37. The summed E-state index contributed by atoms with van der Waals surface area (Å²) in [6, 6.07) is 12.5. The molecule has 0 saturated carbocycles. The van der Waals surface area contributed by atoms with Crippen LogP contribution in [-0.4, -0.2) is 53.5 Å². The van der Waals surface area contributed by atoms with Crippen LogP contribution in [0.4, 0.5) is 10.5 Å². The van der Waals surface area contributed by atoms with Gasteiger partial charge in [0.05, 0.1) is 18.4 Å². The highest BCUT2D eigenvalue weighted by atomic mass is 16.5. The number of amides is 2. The second-order valence-corrected chi connectivity index (χ2v) is 11.5. The van der Waals surface area contributed by atoms with Crippen molar-refractivity contribution < 1.29 is 29.0 Å². The molecule has 216 valence electrons. The van der Waals surface area contributed by atoms with Crippen LogP contribution < -0.4 is 14.8 Å². The smallest absolute Gasteiger partial charge is 0.407 e. The largest absolute Gasteiger partial charge is 0.494 e. The molecule has 2 aromatic carbocycles. The van der Waals surface area contributed by atoms with Gasteiger partial charge in [0.2, 0.25) is 0 Å². The van der Waals surface area contributed by atoms with Crippen molar-refractivity contribution in [1.29, 1.82) is 0 Å². The predicted octanol–water partition coefficient (Wildman–Crippen LogP) is 6.49. The Labute approximate surface area is 240 Å². The zero-order valence-electron chi connectivity index (χ0n) is 24.2. The Kier molecular flexibility index (Phi) is 8.95. The number of nitrogens with one attached hydrogen (secondary N) is 1. The van der Waals surface area contributed by atoms with Crippen molar-refractivity contribution in [3.63, 3.8) is 0 Å². The second-order valence-electron chi connectivity index (χ2n) is 11.5. The molecule has 3 aromatic rings. The number of nitrogens with zero attached hydrogens (tertiary/aromatic N) is 2. The van der Waals surface area contributed by atoms with Crippen LogP contribution >= 0.6 is 0 Å². The van der Waals surface area contributed by atoms with E-state index in [-0.39, 0.29) is 11.3 Å². The van der Waals surface area contributed by atoms with Gasteiger partial charge in [-0.05, 0) is 79.0 Å². The average Bonchev–Trinajstić information content (AvgIpc) is 2.93. The minimum Gasteiger partial charge on any atom is -0.494 e. The number of hydrogen-bond acceptors (Lipinski definition) is 6. The number of aromatic nitrogens is 1. The number of likely N-dealkylation sites (tertiary alicyclic amines) is 1. The number of rotatable bonds is 8. The summed E-state index contributed by atoms with van der Waals surface area (Å²) < 4.78 is 11.7. The van der Waals surface area contributed by atoms with Crippen molar-refractivity contribution in [1.82, 2.24) is 9.88 Å². The number of benzene rings is 2. The monoisotopic (exact) mass is 559 g/mol. The minimum absolute atomic E-state index is 0.242. The van der Waals surface area contributed by atoms with E-state index < -0.39 is 6.09 Å². The SMILES string of the molecule is COc1c(C=O)cc(C(C)(C)C)cc1NC(=O)c1ccc(C)c(Oc2ccnc(CC3CCN(C(=O)O)CC3)c2)c1. The average molecular weight is 560 g/mol. The molecule has 2 N–H and O–H groups in total. The molecule has 4 rings (SSSR count). The van der Waals surface area contributed by atoms with Gasteiger partial charge in [0.25, 0.3) is 5.91 Å². The highest BCUT2D eigenvalue weighted by Gasteiger charge is 2.23. The molecule has 41 heavy (non-hydrogen) atoms. The summed E-state index contributed by atoms with van der Waals surface area (Å²) in [4.78, 5) is 42.2. The van der Waals surface area contributed by atoms with Gasteiger partial charge in [-0.25, -0.2) is 4.79 Å². The van der Waals surface area contributed by atoms with Gasteiger partial charge in [0.15, 0.2) is 12.0 Å². The molecule has 9 nitrogen and oxygen atoms in total. The number of ether oxygens (including phenoxy) is 2. The topological polar surface area (TPSA) is 118 Å². The minimum atomic E-state index is -0.869. The lowest BCUT2D eigenvalue weighted by atomic mass is 9.85. The van der Waals surface area contributed by atoms with Gasteiger partial charge in [0.1, 0.15) is 11.5 Å². The van der Waals surface area contributed by atoms with E-state index in [9.17, 15) is 19.5 Å². The van der Waals surface area contributed by atoms with Crippen LogP contribution in [0.25, 0.3) is 0 Å². The summed E-state index contributed by atoms with van der Waals surface area (Å²) >= 11 is 0. The standard InChI is InChI=1S/C32H37N3O6/c1-20-6-7-22(30(37)34-27-17-24(32(2,3)4)15-23(19-36)29(27)40-5)16-28(20)41-26-8-11-33-25(18-26)14-21-9-12-35(13-10-21)31(38)39/h6-8,11,15-19,21H,9-10,12-14H2,1-5H3,(H,34,37)(H,38,39). The van der Waals surface area contributed by atoms with Crippen molar-refractivity contribution in [2.75, 3.05) is 25.5 Å². The van der Waals surface area contributed by atoms with Crippen molar-refractivity contribution in [2.24, 2.45) is 5.92 Å². The molecule has 1 aliphatic rings. The number of carbonyl (C=O) groups is 3. The number of pyridine rings is 1. The molecule has 0 unspecified atom stereocenters. The van der Waals surface area contributed by atoms with E-state index in [1.54, 1.807) is 30.5 Å². The number of aryl methyl sites for hydroxylation is 1. The van der Waals surface area contributed by atoms with Gasteiger partial charge in [0, 0.05) is 36.6 Å². The Bertz CT molecular complexity index is 1440. The molecule has 0 aliphatic carbocycles. The maximum absolute atomic E-state index is 13.3. The van der Waals surface area contributed by atoms with E-state index in [1.807, 2.05) is 45.9 Å². The molecule has 9 heteroatoms. The molecule has 2 amide bonds. The summed E-state index contributed by atoms with van der Waals surface area (Å²) in [7, 11) is 1.47. The van der Waals surface area contributed by atoms with Crippen LogP contribution in [0.15, 0.2) is 48.7 Å². The molecule has 1 saturated heterocycles. The van der Waals surface area contributed by atoms with Crippen LogP contribution in [0.2, 0.25) is 0 Å². The summed E-state index contributed by atoms with van der Waals surface area (Å²) in [6.07, 6.45) is 3.89. The quantitative estimate of drug-likeness (QED) is 0.303. The fraction of sp³-hybridized carbons (Fsp3) is 0.375. The first kappa shape index (κ1) is 29.6. The third kappa shape index (κ3) is 7.22. The fourth-order valence-electron chi connectivity index (χ4n) is 4.92. The van der Waals surface area contributed by atoms with Gasteiger partial charge < -0.3 is 24.8 Å². The number of carboxylic acid groups (broad SMARTS) is 1. The Morgan fingerprint density at radius 3 is 2.49 bits per heavy atom. The Balaban J connectivity index is 1.51. The first-order chi connectivity index (χ1) is 19.5. The third-order valence-electron chi connectivity index (χ3n) is 7.41. The zero-order chi connectivity index (χ0) is 29.7.